The number of benzene rings is 1. The van der Waals surface area contributed by atoms with Gasteiger partial charge in [-0.3, -0.25) is 9.89 Å². The Hall–Kier alpha value is -2.19. The number of carbonyl (C=O) groups is 1. The van der Waals surface area contributed by atoms with Crippen LogP contribution in [0.1, 0.15) is 55.7 Å². The van der Waals surface area contributed by atoms with E-state index in [-0.39, 0.29) is 10.8 Å². The van der Waals surface area contributed by atoms with Gasteiger partial charge in [0.15, 0.2) is 5.69 Å². The van der Waals surface area contributed by atoms with Crippen LogP contribution in [0, 0.1) is 0 Å². The first-order valence-electron chi connectivity index (χ1n) is 8.15. The van der Waals surface area contributed by atoms with Gasteiger partial charge < -0.3 is 5.32 Å². The van der Waals surface area contributed by atoms with Crippen LogP contribution in [0.3, 0.4) is 0 Å². The molecule has 0 bridgehead atoms. The third-order valence-corrected chi connectivity index (χ3v) is 5.45. The Bertz CT molecular complexity index is 893. The molecule has 0 aliphatic heterocycles. The summed E-state index contributed by atoms with van der Waals surface area (Å²) < 4.78 is 27.4. The van der Waals surface area contributed by atoms with E-state index in [1.807, 2.05) is 0 Å². The fourth-order valence-corrected chi connectivity index (χ4v) is 3.92. The fourth-order valence-electron chi connectivity index (χ4n) is 2.45. The molecule has 1 fully saturated rings. The molecular formula is C17H22N4O3S. The van der Waals surface area contributed by atoms with Gasteiger partial charge in [-0.05, 0) is 57.9 Å². The third-order valence-electron chi connectivity index (χ3n) is 3.69. The number of sulfonamides is 1. The predicted molar refractivity (Wildman–Crippen MR) is 95.0 cm³/mol. The summed E-state index contributed by atoms with van der Waals surface area (Å²) in [6.07, 6.45) is 2.23. The van der Waals surface area contributed by atoms with Crippen molar-refractivity contribution >= 4 is 21.6 Å². The Labute approximate surface area is 147 Å². The lowest BCUT2D eigenvalue weighted by atomic mass is 10.1. The average Bonchev–Trinajstić information content (AvgIpc) is 3.22. The standard InChI is InChI=1S/C17H22N4O3S/c1-17(2,3)21-25(23,24)13-6-4-5-12(9-13)18-16(22)15-10-14(19-20-15)11-7-8-11/h4-6,9-11,21H,7-8H2,1-3H3,(H,18,22)(H,19,20). The molecule has 1 saturated carbocycles. The van der Waals surface area contributed by atoms with Crippen molar-refractivity contribution in [3.05, 3.63) is 41.7 Å². The van der Waals surface area contributed by atoms with Crippen molar-refractivity contribution in [2.24, 2.45) is 0 Å². The van der Waals surface area contributed by atoms with Crippen molar-refractivity contribution in [2.45, 2.75) is 50.0 Å². The van der Waals surface area contributed by atoms with E-state index in [1.165, 1.54) is 12.1 Å². The van der Waals surface area contributed by atoms with Crippen molar-refractivity contribution in [2.75, 3.05) is 5.32 Å². The molecule has 2 aromatic rings. The lowest BCUT2D eigenvalue weighted by Gasteiger charge is -2.20. The molecule has 1 aliphatic carbocycles. The molecule has 1 heterocycles. The van der Waals surface area contributed by atoms with E-state index in [0.717, 1.165) is 18.5 Å². The van der Waals surface area contributed by atoms with Crippen molar-refractivity contribution in [3.8, 4) is 0 Å². The van der Waals surface area contributed by atoms with Crippen LogP contribution >= 0.6 is 0 Å². The molecule has 3 rings (SSSR count). The molecule has 134 valence electrons. The summed E-state index contributed by atoms with van der Waals surface area (Å²) in [5.41, 5.74) is 1.07. The van der Waals surface area contributed by atoms with Crippen LogP contribution in [0.2, 0.25) is 0 Å². The maximum absolute atomic E-state index is 12.4. The molecule has 0 spiro atoms. The second kappa shape index (κ2) is 6.27. The van der Waals surface area contributed by atoms with Crippen LogP contribution in [-0.2, 0) is 10.0 Å². The summed E-state index contributed by atoms with van der Waals surface area (Å²) >= 11 is 0. The Kier molecular flexibility index (Phi) is 4.42. The highest BCUT2D eigenvalue weighted by atomic mass is 32.2. The number of nitrogens with zero attached hydrogens (tertiary/aromatic N) is 1. The molecule has 0 saturated heterocycles. The number of aromatic amines is 1. The Morgan fingerprint density at radius 3 is 2.60 bits per heavy atom. The molecule has 7 nitrogen and oxygen atoms in total. The number of aromatic nitrogens is 2. The zero-order valence-electron chi connectivity index (χ0n) is 14.5. The highest BCUT2D eigenvalue weighted by Crippen LogP contribution is 2.39. The fraction of sp³-hybridized carbons (Fsp3) is 0.412. The van der Waals surface area contributed by atoms with E-state index >= 15 is 0 Å². The molecule has 0 unspecified atom stereocenters. The highest BCUT2D eigenvalue weighted by molar-refractivity contribution is 7.89. The molecule has 3 N–H and O–H groups in total. The predicted octanol–water partition coefficient (Wildman–Crippen LogP) is 2.62. The van der Waals surface area contributed by atoms with Crippen LogP contribution < -0.4 is 10.0 Å². The minimum absolute atomic E-state index is 0.0981. The van der Waals surface area contributed by atoms with Crippen LogP contribution in [-0.4, -0.2) is 30.1 Å². The van der Waals surface area contributed by atoms with E-state index in [4.69, 9.17) is 0 Å². The summed E-state index contributed by atoms with van der Waals surface area (Å²) in [5, 5.41) is 9.60. The number of hydrogen-bond acceptors (Lipinski definition) is 4. The molecule has 1 aliphatic rings. The van der Waals surface area contributed by atoms with Crippen LogP contribution in [0.15, 0.2) is 35.2 Å². The van der Waals surface area contributed by atoms with E-state index < -0.39 is 15.6 Å². The smallest absolute Gasteiger partial charge is 0.276 e. The summed E-state index contributed by atoms with van der Waals surface area (Å²) in [6.45, 7) is 5.31. The molecular weight excluding hydrogens is 340 g/mol. The quantitative estimate of drug-likeness (QED) is 0.760. The molecule has 1 aromatic heterocycles. The SMILES string of the molecule is CC(C)(C)NS(=O)(=O)c1cccc(NC(=O)c2cc(C3CC3)[nH]n2)c1. The Morgan fingerprint density at radius 1 is 1.24 bits per heavy atom. The van der Waals surface area contributed by atoms with Gasteiger partial charge in [-0.15, -0.1) is 0 Å². The summed E-state index contributed by atoms with van der Waals surface area (Å²) in [4.78, 5) is 12.4. The zero-order chi connectivity index (χ0) is 18.2. The second-order valence-corrected chi connectivity index (χ2v) is 9.00. The lowest BCUT2D eigenvalue weighted by Crippen LogP contribution is -2.40. The number of hydrogen-bond donors (Lipinski definition) is 3. The van der Waals surface area contributed by atoms with Crippen molar-refractivity contribution in [1.82, 2.24) is 14.9 Å². The molecule has 0 atom stereocenters. The van der Waals surface area contributed by atoms with Gasteiger partial charge in [-0.25, -0.2) is 13.1 Å². The minimum Gasteiger partial charge on any atom is -0.321 e. The Morgan fingerprint density at radius 2 is 1.96 bits per heavy atom. The second-order valence-electron chi connectivity index (χ2n) is 7.32. The van der Waals surface area contributed by atoms with Crippen molar-refractivity contribution in [3.63, 3.8) is 0 Å². The lowest BCUT2D eigenvalue weighted by molar-refractivity contribution is 0.102. The van der Waals surface area contributed by atoms with Crippen LogP contribution in [0.5, 0.6) is 0 Å². The number of nitrogens with one attached hydrogen (secondary N) is 3. The maximum Gasteiger partial charge on any atom is 0.276 e. The number of anilines is 1. The van der Waals surface area contributed by atoms with Crippen molar-refractivity contribution in [1.29, 1.82) is 0 Å². The molecule has 25 heavy (non-hydrogen) atoms. The average molecular weight is 362 g/mol. The van der Waals surface area contributed by atoms with Gasteiger partial charge in [-0.2, -0.15) is 5.10 Å². The van der Waals surface area contributed by atoms with E-state index in [9.17, 15) is 13.2 Å². The topological polar surface area (TPSA) is 104 Å². The number of carbonyl (C=O) groups excluding carboxylic acids is 1. The van der Waals surface area contributed by atoms with E-state index in [2.05, 4.69) is 20.2 Å². The van der Waals surface area contributed by atoms with E-state index in [1.54, 1.807) is 39.0 Å². The summed E-state index contributed by atoms with van der Waals surface area (Å²) in [6, 6.07) is 7.90. The van der Waals surface area contributed by atoms with Gasteiger partial charge in [-0.1, -0.05) is 6.07 Å². The van der Waals surface area contributed by atoms with Crippen LogP contribution in [0.4, 0.5) is 5.69 Å². The first-order chi connectivity index (χ1) is 11.6. The van der Waals surface area contributed by atoms with Gasteiger partial charge in [0.2, 0.25) is 10.0 Å². The monoisotopic (exact) mass is 362 g/mol. The summed E-state index contributed by atoms with van der Waals surface area (Å²) in [7, 11) is -3.66. The third kappa shape index (κ3) is 4.46. The number of rotatable bonds is 5. The summed E-state index contributed by atoms with van der Waals surface area (Å²) in [5.74, 6) is 0.104. The Balaban J connectivity index is 1.75. The van der Waals surface area contributed by atoms with Gasteiger partial charge >= 0.3 is 0 Å². The molecule has 1 aromatic carbocycles. The normalized spacial score (nSPS) is 15.2. The first kappa shape index (κ1) is 17.6. The van der Waals surface area contributed by atoms with Gasteiger partial charge in [0.1, 0.15) is 0 Å². The number of H-pyrrole nitrogens is 1. The molecule has 1 amide bonds. The first-order valence-corrected chi connectivity index (χ1v) is 9.63. The minimum atomic E-state index is -3.66. The van der Waals surface area contributed by atoms with Crippen molar-refractivity contribution < 1.29 is 13.2 Å². The van der Waals surface area contributed by atoms with Crippen LogP contribution in [0.25, 0.3) is 0 Å². The largest absolute Gasteiger partial charge is 0.321 e. The zero-order valence-corrected chi connectivity index (χ0v) is 15.3. The van der Waals surface area contributed by atoms with Gasteiger partial charge in [0, 0.05) is 22.8 Å². The van der Waals surface area contributed by atoms with Gasteiger partial charge in [0.05, 0.1) is 4.90 Å². The van der Waals surface area contributed by atoms with Gasteiger partial charge in [0.25, 0.3) is 5.91 Å². The number of amides is 1. The maximum atomic E-state index is 12.4. The van der Waals surface area contributed by atoms with E-state index in [0.29, 0.717) is 17.3 Å². The highest BCUT2D eigenvalue weighted by Gasteiger charge is 2.26. The molecule has 0 radical (unpaired) electrons. The molecule has 8 heteroatoms.